The molecule has 28 heavy (non-hydrogen) atoms. The van der Waals surface area contributed by atoms with Crippen LogP contribution in [0.15, 0.2) is 54.0 Å². The Labute approximate surface area is 167 Å². The number of nitrogens with two attached hydrogens (primary N) is 1. The molecule has 3 aromatic rings. The van der Waals surface area contributed by atoms with Crippen molar-refractivity contribution in [1.82, 2.24) is 15.1 Å². The Morgan fingerprint density at radius 2 is 2.07 bits per heavy atom. The van der Waals surface area contributed by atoms with Crippen molar-refractivity contribution in [2.24, 2.45) is 11.1 Å². The second-order valence-electron chi connectivity index (χ2n) is 7.26. The van der Waals surface area contributed by atoms with E-state index < -0.39 is 5.41 Å². The third kappa shape index (κ3) is 3.45. The summed E-state index contributed by atoms with van der Waals surface area (Å²) >= 11 is 1.67. The quantitative estimate of drug-likeness (QED) is 0.696. The van der Waals surface area contributed by atoms with Gasteiger partial charge in [0.05, 0.1) is 5.41 Å². The molecule has 7 heteroatoms. The van der Waals surface area contributed by atoms with Gasteiger partial charge >= 0.3 is 0 Å². The number of hydrogen-bond acceptors (Lipinski definition) is 4. The number of aromatic nitrogens is 2. The maximum absolute atomic E-state index is 12.8. The van der Waals surface area contributed by atoms with Gasteiger partial charge in [-0.2, -0.15) is 5.10 Å². The van der Waals surface area contributed by atoms with Crippen molar-refractivity contribution >= 4 is 23.2 Å². The SMILES string of the molecule is NC(=O)[C@@]1(Cc2ccccc2-c2cccs2)CCCN(C(=O)c2ccn[nH]2)C1. The lowest BCUT2D eigenvalue weighted by Gasteiger charge is -2.41. The monoisotopic (exact) mass is 394 g/mol. The third-order valence-corrected chi connectivity index (χ3v) is 6.35. The van der Waals surface area contributed by atoms with Gasteiger partial charge in [0.25, 0.3) is 5.91 Å². The van der Waals surface area contributed by atoms with E-state index in [0.717, 1.165) is 22.4 Å². The van der Waals surface area contributed by atoms with Crippen LogP contribution in [0.2, 0.25) is 0 Å². The molecular formula is C21H22N4O2S. The van der Waals surface area contributed by atoms with Gasteiger partial charge in [-0.1, -0.05) is 30.3 Å². The van der Waals surface area contributed by atoms with E-state index in [1.807, 2.05) is 23.6 Å². The van der Waals surface area contributed by atoms with Crippen LogP contribution in [0.5, 0.6) is 0 Å². The minimum Gasteiger partial charge on any atom is -0.369 e. The minimum atomic E-state index is -0.776. The molecule has 0 unspecified atom stereocenters. The van der Waals surface area contributed by atoms with E-state index in [1.165, 1.54) is 0 Å². The predicted octanol–water partition coefficient (Wildman–Crippen LogP) is 3.09. The van der Waals surface area contributed by atoms with Crippen LogP contribution in [-0.4, -0.2) is 40.0 Å². The topological polar surface area (TPSA) is 92.1 Å². The number of thiophene rings is 1. The van der Waals surface area contributed by atoms with Crippen molar-refractivity contribution in [2.75, 3.05) is 13.1 Å². The average Bonchev–Trinajstić information content (AvgIpc) is 3.42. The molecule has 3 heterocycles. The number of aromatic amines is 1. The maximum atomic E-state index is 12.8. The average molecular weight is 395 g/mol. The Hall–Kier alpha value is -2.93. The Morgan fingerprint density at radius 3 is 2.79 bits per heavy atom. The smallest absolute Gasteiger partial charge is 0.271 e. The van der Waals surface area contributed by atoms with Crippen molar-refractivity contribution < 1.29 is 9.59 Å². The van der Waals surface area contributed by atoms with E-state index in [2.05, 4.69) is 28.4 Å². The molecule has 2 aromatic heterocycles. The summed E-state index contributed by atoms with van der Waals surface area (Å²) in [4.78, 5) is 28.3. The van der Waals surface area contributed by atoms with Gasteiger partial charge in [-0.05, 0) is 47.9 Å². The Balaban J connectivity index is 1.64. The Kier molecular flexibility index (Phi) is 5.00. The highest BCUT2D eigenvalue weighted by atomic mass is 32.1. The number of rotatable bonds is 5. The first-order valence-electron chi connectivity index (χ1n) is 9.29. The fraction of sp³-hybridized carbons (Fsp3) is 0.286. The molecule has 1 fully saturated rings. The largest absolute Gasteiger partial charge is 0.369 e. The lowest BCUT2D eigenvalue weighted by Crippen LogP contribution is -2.53. The molecule has 144 valence electrons. The highest BCUT2D eigenvalue weighted by molar-refractivity contribution is 7.13. The van der Waals surface area contributed by atoms with Crippen LogP contribution >= 0.6 is 11.3 Å². The number of benzene rings is 1. The zero-order chi connectivity index (χ0) is 19.6. The number of piperidine rings is 1. The molecule has 1 saturated heterocycles. The van der Waals surface area contributed by atoms with Crippen molar-refractivity contribution in [1.29, 1.82) is 0 Å². The van der Waals surface area contributed by atoms with Crippen LogP contribution in [0.4, 0.5) is 0 Å². The molecule has 0 aliphatic carbocycles. The van der Waals surface area contributed by atoms with Gasteiger partial charge in [-0.25, -0.2) is 0 Å². The second kappa shape index (κ2) is 7.59. The van der Waals surface area contributed by atoms with E-state index in [0.29, 0.717) is 31.6 Å². The van der Waals surface area contributed by atoms with Gasteiger partial charge in [0.15, 0.2) is 0 Å². The van der Waals surface area contributed by atoms with E-state index in [9.17, 15) is 9.59 Å². The van der Waals surface area contributed by atoms with E-state index in [4.69, 9.17) is 5.73 Å². The fourth-order valence-electron chi connectivity index (χ4n) is 3.99. The fourth-order valence-corrected chi connectivity index (χ4v) is 4.78. The van der Waals surface area contributed by atoms with Gasteiger partial charge in [0.1, 0.15) is 5.69 Å². The number of amides is 2. The van der Waals surface area contributed by atoms with Gasteiger partial charge in [0, 0.05) is 24.2 Å². The molecule has 0 spiro atoms. The molecule has 1 aromatic carbocycles. The number of nitrogens with one attached hydrogen (secondary N) is 1. The molecule has 0 bridgehead atoms. The molecule has 4 rings (SSSR count). The lowest BCUT2D eigenvalue weighted by molar-refractivity contribution is -0.130. The Bertz CT molecular complexity index is 968. The summed E-state index contributed by atoms with van der Waals surface area (Å²) in [6.45, 7) is 0.929. The van der Waals surface area contributed by atoms with E-state index >= 15 is 0 Å². The lowest BCUT2D eigenvalue weighted by atomic mass is 9.73. The van der Waals surface area contributed by atoms with Crippen molar-refractivity contribution in [2.45, 2.75) is 19.3 Å². The van der Waals surface area contributed by atoms with Crippen LogP contribution in [0, 0.1) is 5.41 Å². The zero-order valence-electron chi connectivity index (χ0n) is 15.4. The summed E-state index contributed by atoms with van der Waals surface area (Å²) in [5, 5.41) is 8.61. The van der Waals surface area contributed by atoms with Crippen LogP contribution in [0.25, 0.3) is 10.4 Å². The van der Waals surface area contributed by atoms with Crippen molar-refractivity contribution in [3.8, 4) is 10.4 Å². The molecule has 3 N–H and O–H groups in total. The molecule has 1 aliphatic heterocycles. The number of nitrogens with zero attached hydrogens (tertiary/aromatic N) is 2. The maximum Gasteiger partial charge on any atom is 0.271 e. The summed E-state index contributed by atoms with van der Waals surface area (Å²) < 4.78 is 0. The van der Waals surface area contributed by atoms with Gasteiger partial charge < -0.3 is 10.6 Å². The zero-order valence-corrected chi connectivity index (χ0v) is 16.2. The molecule has 6 nitrogen and oxygen atoms in total. The highest BCUT2D eigenvalue weighted by Crippen LogP contribution is 2.38. The number of carbonyl (C=O) groups is 2. The normalized spacial score (nSPS) is 19.5. The van der Waals surface area contributed by atoms with Crippen molar-refractivity contribution in [3.63, 3.8) is 0 Å². The summed E-state index contributed by atoms with van der Waals surface area (Å²) in [7, 11) is 0. The number of carbonyl (C=O) groups excluding carboxylic acids is 2. The summed E-state index contributed by atoms with van der Waals surface area (Å²) in [5.74, 6) is -0.495. The standard InChI is InChI=1S/C21H22N4O2S/c22-20(27)21(9-4-11-25(14-21)19(26)17-8-10-23-24-17)13-15-5-1-2-6-16(15)18-7-3-12-28-18/h1-3,5-8,10,12H,4,9,11,13-14H2,(H2,22,27)(H,23,24)/t21-/m1/s1. The van der Waals surface area contributed by atoms with Crippen LogP contribution in [0.3, 0.4) is 0 Å². The van der Waals surface area contributed by atoms with E-state index in [-0.39, 0.29) is 11.8 Å². The van der Waals surface area contributed by atoms with Crippen LogP contribution in [0.1, 0.15) is 28.9 Å². The molecule has 2 amide bonds. The molecule has 1 aliphatic rings. The molecule has 0 radical (unpaired) electrons. The van der Waals surface area contributed by atoms with Gasteiger partial charge in [-0.15, -0.1) is 11.3 Å². The molecule has 1 atom stereocenters. The molecular weight excluding hydrogens is 372 g/mol. The summed E-state index contributed by atoms with van der Waals surface area (Å²) in [6, 6.07) is 13.9. The van der Waals surface area contributed by atoms with Crippen LogP contribution < -0.4 is 5.73 Å². The number of hydrogen-bond donors (Lipinski definition) is 2. The minimum absolute atomic E-state index is 0.144. The summed E-state index contributed by atoms with van der Waals surface area (Å²) in [5.41, 5.74) is 7.76. The first kappa shape index (κ1) is 18.4. The van der Waals surface area contributed by atoms with Gasteiger partial charge in [-0.3, -0.25) is 14.7 Å². The first-order chi connectivity index (χ1) is 13.6. The van der Waals surface area contributed by atoms with E-state index in [1.54, 1.807) is 28.5 Å². The predicted molar refractivity (Wildman–Crippen MR) is 109 cm³/mol. The molecule has 0 saturated carbocycles. The Morgan fingerprint density at radius 1 is 1.21 bits per heavy atom. The third-order valence-electron chi connectivity index (χ3n) is 5.45. The van der Waals surface area contributed by atoms with Crippen LogP contribution in [-0.2, 0) is 11.2 Å². The highest BCUT2D eigenvalue weighted by Gasteiger charge is 2.43. The van der Waals surface area contributed by atoms with Crippen molar-refractivity contribution in [3.05, 3.63) is 65.3 Å². The van der Waals surface area contributed by atoms with Gasteiger partial charge in [0.2, 0.25) is 5.91 Å². The number of likely N-dealkylation sites (tertiary alicyclic amines) is 1. The first-order valence-corrected chi connectivity index (χ1v) is 10.2. The second-order valence-corrected chi connectivity index (χ2v) is 8.20. The number of H-pyrrole nitrogens is 1. The number of primary amides is 1. The summed E-state index contributed by atoms with van der Waals surface area (Å²) in [6.07, 6.45) is 3.48.